The number of nitrogen functional groups attached to an aromatic ring is 2. The molecule has 9 heteroatoms. The smallest absolute Gasteiger partial charge is 0.240 e. The minimum Gasteiger partial charge on any atom is -0.383 e. The third-order valence-corrected chi connectivity index (χ3v) is 5.01. The summed E-state index contributed by atoms with van der Waals surface area (Å²) in [6, 6.07) is 11.3. The van der Waals surface area contributed by atoms with E-state index in [1.54, 1.807) is 24.3 Å². The molecule has 0 unspecified atom stereocenters. The van der Waals surface area contributed by atoms with E-state index < -0.39 is 10.0 Å². The molecule has 3 rings (SSSR count). The van der Waals surface area contributed by atoms with E-state index in [1.807, 2.05) is 0 Å². The molecule has 1 heterocycles. The van der Waals surface area contributed by atoms with E-state index in [0.29, 0.717) is 15.9 Å². The molecule has 7 nitrogen and oxygen atoms in total. The molecule has 0 aliphatic rings. The standard InChI is InChI=1S/C15H14ClN5O2S/c16-10-3-1-2-9(6-10)8-19-24(22,23)11-4-5-13-12(7-11)14(17)21-15(18)20-13/h1-7,19H,8H2,(H4,17,18,20,21). The largest absolute Gasteiger partial charge is 0.383 e. The molecule has 0 fully saturated rings. The molecular formula is C15H14ClN5O2S. The van der Waals surface area contributed by atoms with Crippen molar-refractivity contribution in [3.05, 3.63) is 53.1 Å². The summed E-state index contributed by atoms with van der Waals surface area (Å²) in [5.41, 5.74) is 12.6. The maximum Gasteiger partial charge on any atom is 0.240 e. The SMILES string of the molecule is Nc1nc(N)c2cc(S(=O)(=O)NCc3cccc(Cl)c3)ccc2n1. The van der Waals surface area contributed by atoms with Crippen LogP contribution in [-0.4, -0.2) is 18.4 Å². The Bertz CT molecular complexity index is 1020. The number of fused-ring (bicyclic) bond motifs is 1. The molecular weight excluding hydrogens is 350 g/mol. The lowest BCUT2D eigenvalue weighted by Gasteiger charge is -2.09. The molecule has 2 aromatic carbocycles. The quantitative estimate of drug-likeness (QED) is 0.650. The van der Waals surface area contributed by atoms with Gasteiger partial charge in [0.2, 0.25) is 16.0 Å². The Labute approximate surface area is 143 Å². The molecule has 0 spiro atoms. The molecule has 124 valence electrons. The molecule has 0 saturated carbocycles. The second-order valence-electron chi connectivity index (χ2n) is 5.10. The Morgan fingerprint density at radius 3 is 2.62 bits per heavy atom. The molecule has 0 atom stereocenters. The van der Waals surface area contributed by atoms with Crippen LogP contribution in [-0.2, 0) is 16.6 Å². The van der Waals surface area contributed by atoms with E-state index in [0.717, 1.165) is 5.56 Å². The minimum absolute atomic E-state index is 0.0367. The number of nitrogens with two attached hydrogens (primary N) is 2. The number of benzene rings is 2. The first-order valence-electron chi connectivity index (χ1n) is 6.92. The topological polar surface area (TPSA) is 124 Å². The average Bonchev–Trinajstić information content (AvgIpc) is 2.52. The van der Waals surface area contributed by atoms with Gasteiger partial charge < -0.3 is 11.5 Å². The van der Waals surface area contributed by atoms with E-state index in [2.05, 4.69) is 14.7 Å². The van der Waals surface area contributed by atoms with Crippen LogP contribution in [0.5, 0.6) is 0 Å². The number of nitrogens with one attached hydrogen (secondary N) is 1. The summed E-state index contributed by atoms with van der Waals surface area (Å²) >= 11 is 5.89. The molecule has 0 bridgehead atoms. The lowest BCUT2D eigenvalue weighted by atomic mass is 10.2. The van der Waals surface area contributed by atoms with Gasteiger partial charge >= 0.3 is 0 Å². The molecule has 0 aliphatic carbocycles. The van der Waals surface area contributed by atoms with E-state index >= 15 is 0 Å². The summed E-state index contributed by atoms with van der Waals surface area (Å²) in [4.78, 5) is 7.93. The number of rotatable bonds is 4. The van der Waals surface area contributed by atoms with Crippen LogP contribution in [0.1, 0.15) is 5.56 Å². The zero-order valence-electron chi connectivity index (χ0n) is 12.4. The van der Waals surface area contributed by atoms with Crippen LogP contribution >= 0.6 is 11.6 Å². The molecule has 0 radical (unpaired) electrons. The molecule has 1 aromatic heterocycles. The normalized spacial score (nSPS) is 11.7. The number of anilines is 2. The van der Waals surface area contributed by atoms with E-state index in [-0.39, 0.29) is 23.2 Å². The number of hydrogen-bond acceptors (Lipinski definition) is 6. The van der Waals surface area contributed by atoms with E-state index in [9.17, 15) is 8.42 Å². The van der Waals surface area contributed by atoms with Crippen LogP contribution in [0.4, 0.5) is 11.8 Å². The number of hydrogen-bond donors (Lipinski definition) is 3. The van der Waals surface area contributed by atoms with Crippen LogP contribution in [0.15, 0.2) is 47.4 Å². The average molecular weight is 364 g/mol. The van der Waals surface area contributed by atoms with E-state index in [1.165, 1.54) is 18.2 Å². The van der Waals surface area contributed by atoms with Crippen LogP contribution in [0.2, 0.25) is 5.02 Å². The van der Waals surface area contributed by atoms with Crippen molar-refractivity contribution in [2.24, 2.45) is 0 Å². The first kappa shape index (κ1) is 16.4. The van der Waals surface area contributed by atoms with Gasteiger partial charge in [-0.15, -0.1) is 0 Å². The molecule has 0 saturated heterocycles. The molecule has 24 heavy (non-hydrogen) atoms. The van der Waals surface area contributed by atoms with Crippen molar-refractivity contribution < 1.29 is 8.42 Å². The van der Waals surface area contributed by atoms with Crippen LogP contribution in [0, 0.1) is 0 Å². The van der Waals surface area contributed by atoms with Crippen molar-refractivity contribution in [2.45, 2.75) is 11.4 Å². The first-order valence-corrected chi connectivity index (χ1v) is 8.78. The summed E-state index contributed by atoms with van der Waals surface area (Å²) < 4.78 is 27.4. The van der Waals surface area contributed by atoms with Gasteiger partial charge in [0.15, 0.2) is 0 Å². The summed E-state index contributed by atoms with van der Waals surface area (Å²) in [7, 11) is -3.73. The van der Waals surface area contributed by atoms with Crippen molar-refractivity contribution >= 4 is 44.3 Å². The number of aromatic nitrogens is 2. The maximum atomic E-state index is 12.5. The predicted molar refractivity (Wildman–Crippen MR) is 93.8 cm³/mol. The van der Waals surface area contributed by atoms with Crippen molar-refractivity contribution in [1.29, 1.82) is 0 Å². The number of halogens is 1. The molecule has 0 aliphatic heterocycles. The lowest BCUT2D eigenvalue weighted by molar-refractivity contribution is 0.581. The van der Waals surface area contributed by atoms with Gasteiger partial charge in [0.25, 0.3) is 0 Å². The highest BCUT2D eigenvalue weighted by molar-refractivity contribution is 7.89. The molecule has 0 amide bonds. The first-order chi connectivity index (χ1) is 11.3. The van der Waals surface area contributed by atoms with Crippen LogP contribution in [0.25, 0.3) is 10.9 Å². The Balaban J connectivity index is 1.90. The van der Waals surface area contributed by atoms with Gasteiger partial charge in [0.05, 0.1) is 10.4 Å². The van der Waals surface area contributed by atoms with Crippen molar-refractivity contribution in [1.82, 2.24) is 14.7 Å². The Morgan fingerprint density at radius 1 is 1.08 bits per heavy atom. The van der Waals surface area contributed by atoms with Gasteiger partial charge in [-0.3, -0.25) is 0 Å². The summed E-state index contributed by atoms with van der Waals surface area (Å²) in [5.74, 6) is 0.166. The highest BCUT2D eigenvalue weighted by Gasteiger charge is 2.16. The fourth-order valence-electron chi connectivity index (χ4n) is 2.23. The highest BCUT2D eigenvalue weighted by Crippen LogP contribution is 2.22. The predicted octanol–water partition coefficient (Wildman–Crippen LogP) is 1.93. The molecule has 5 N–H and O–H groups in total. The van der Waals surface area contributed by atoms with Gasteiger partial charge in [-0.05, 0) is 35.9 Å². The fourth-order valence-corrected chi connectivity index (χ4v) is 3.48. The van der Waals surface area contributed by atoms with Crippen LogP contribution < -0.4 is 16.2 Å². The minimum atomic E-state index is -3.73. The summed E-state index contributed by atoms with van der Waals surface area (Å²) in [6.07, 6.45) is 0. The highest BCUT2D eigenvalue weighted by atomic mass is 35.5. The van der Waals surface area contributed by atoms with Crippen molar-refractivity contribution in [3.8, 4) is 0 Å². The third-order valence-electron chi connectivity index (χ3n) is 3.38. The number of nitrogens with zero attached hydrogens (tertiary/aromatic N) is 2. The van der Waals surface area contributed by atoms with Gasteiger partial charge in [-0.2, -0.15) is 4.98 Å². The van der Waals surface area contributed by atoms with Gasteiger partial charge in [0, 0.05) is 17.0 Å². The monoisotopic (exact) mass is 363 g/mol. The summed E-state index contributed by atoms with van der Waals surface area (Å²) in [5, 5.41) is 0.967. The second-order valence-corrected chi connectivity index (χ2v) is 7.30. The van der Waals surface area contributed by atoms with Gasteiger partial charge in [0.1, 0.15) is 5.82 Å². The Kier molecular flexibility index (Phi) is 4.27. The van der Waals surface area contributed by atoms with E-state index in [4.69, 9.17) is 23.1 Å². The van der Waals surface area contributed by atoms with Crippen molar-refractivity contribution in [2.75, 3.05) is 11.5 Å². The zero-order valence-corrected chi connectivity index (χ0v) is 14.0. The van der Waals surface area contributed by atoms with Crippen molar-refractivity contribution in [3.63, 3.8) is 0 Å². The van der Waals surface area contributed by atoms with Gasteiger partial charge in [-0.25, -0.2) is 18.1 Å². The maximum absolute atomic E-state index is 12.5. The zero-order chi connectivity index (χ0) is 17.3. The fraction of sp³-hybridized carbons (Fsp3) is 0.0667. The molecule has 3 aromatic rings. The Hall–Kier alpha value is -2.42. The number of sulfonamides is 1. The van der Waals surface area contributed by atoms with Crippen LogP contribution in [0.3, 0.4) is 0 Å². The van der Waals surface area contributed by atoms with Gasteiger partial charge in [-0.1, -0.05) is 23.7 Å². The second kappa shape index (κ2) is 6.23. The third kappa shape index (κ3) is 3.40. The lowest BCUT2D eigenvalue weighted by Crippen LogP contribution is -2.23. The Morgan fingerprint density at radius 2 is 1.88 bits per heavy atom. The summed E-state index contributed by atoms with van der Waals surface area (Å²) in [6.45, 7) is 0.120.